The number of aromatic carboxylic acids is 1. The van der Waals surface area contributed by atoms with Gasteiger partial charge in [-0.25, -0.2) is 4.39 Å². The van der Waals surface area contributed by atoms with Crippen molar-refractivity contribution in [1.82, 2.24) is 0 Å². The molecular weight excluding hydrogens is 293 g/mol. The molecule has 0 unspecified atom stereocenters. The fraction of sp³-hybridized carbons (Fsp3) is 0.211. The van der Waals surface area contributed by atoms with Gasteiger partial charge in [-0.1, -0.05) is 42.5 Å². The first-order chi connectivity index (χ1) is 11.1. The number of carbonyl (C=O) groups is 1. The van der Waals surface area contributed by atoms with Crippen LogP contribution in [0, 0.1) is 11.7 Å². The molecule has 3 atom stereocenters. The van der Waals surface area contributed by atoms with Gasteiger partial charge in [0.2, 0.25) is 0 Å². The number of rotatable bonds is 2. The van der Waals surface area contributed by atoms with Crippen LogP contribution < -0.4 is 10.4 Å². The zero-order valence-electron chi connectivity index (χ0n) is 12.3. The van der Waals surface area contributed by atoms with Crippen LogP contribution in [0.15, 0.2) is 54.6 Å². The maximum atomic E-state index is 13.2. The second-order valence-corrected chi connectivity index (χ2v) is 6.08. The molecule has 116 valence electrons. The van der Waals surface area contributed by atoms with Crippen LogP contribution >= 0.6 is 0 Å². The average molecular weight is 308 g/mol. The van der Waals surface area contributed by atoms with E-state index in [2.05, 4.69) is 17.5 Å². The lowest BCUT2D eigenvalue weighted by atomic mass is 9.76. The molecule has 2 aliphatic rings. The fourth-order valence-electron chi connectivity index (χ4n) is 3.79. The van der Waals surface area contributed by atoms with Gasteiger partial charge >= 0.3 is 0 Å². The molecule has 0 aromatic heterocycles. The lowest BCUT2D eigenvalue weighted by Crippen LogP contribution is -2.32. The van der Waals surface area contributed by atoms with Gasteiger partial charge in [-0.15, -0.1) is 0 Å². The molecule has 1 aliphatic heterocycles. The van der Waals surface area contributed by atoms with Crippen LogP contribution in [-0.2, 0) is 0 Å². The topological polar surface area (TPSA) is 52.2 Å². The Morgan fingerprint density at radius 3 is 2.70 bits per heavy atom. The third-order valence-corrected chi connectivity index (χ3v) is 4.85. The van der Waals surface area contributed by atoms with Crippen LogP contribution in [0.3, 0.4) is 0 Å². The second-order valence-electron chi connectivity index (χ2n) is 6.08. The number of hydrogen-bond donors (Lipinski definition) is 1. The van der Waals surface area contributed by atoms with E-state index in [1.807, 2.05) is 6.07 Å². The molecule has 3 nitrogen and oxygen atoms in total. The Hall–Kier alpha value is -2.62. The zero-order valence-corrected chi connectivity index (χ0v) is 12.3. The first kappa shape index (κ1) is 14.0. The van der Waals surface area contributed by atoms with E-state index in [0.29, 0.717) is 11.6 Å². The highest BCUT2D eigenvalue weighted by molar-refractivity contribution is 5.94. The normalized spacial score (nSPS) is 24.7. The Morgan fingerprint density at radius 1 is 1.17 bits per heavy atom. The maximum Gasteiger partial charge on any atom is 0.123 e. The standard InChI is InChI=1S/C19H16FNO2/c20-12-9-7-11(8-10-12)17-14-4-1-3-13(14)15-5-2-6-16(19(22)23)18(15)21-17/h1-3,5-10,13-14,17,21H,4H2,(H,22,23)/p-1/t13-,14-,17-/m1/s1. The van der Waals surface area contributed by atoms with Crippen molar-refractivity contribution in [3.63, 3.8) is 0 Å². The van der Waals surface area contributed by atoms with E-state index in [1.54, 1.807) is 24.3 Å². The summed E-state index contributed by atoms with van der Waals surface area (Å²) in [5.41, 5.74) is 2.75. The highest BCUT2D eigenvalue weighted by Crippen LogP contribution is 2.50. The third kappa shape index (κ3) is 2.22. The molecule has 0 radical (unpaired) electrons. The van der Waals surface area contributed by atoms with Crippen LogP contribution in [0.1, 0.15) is 39.9 Å². The summed E-state index contributed by atoms with van der Waals surface area (Å²) < 4.78 is 13.2. The number of carbonyl (C=O) groups excluding carboxylic acids is 1. The lowest BCUT2D eigenvalue weighted by molar-refractivity contribution is -0.254. The fourth-order valence-corrected chi connectivity index (χ4v) is 3.79. The summed E-state index contributed by atoms with van der Waals surface area (Å²) in [6.07, 6.45) is 5.18. The van der Waals surface area contributed by atoms with Crippen molar-refractivity contribution in [1.29, 1.82) is 0 Å². The Kier molecular flexibility index (Phi) is 3.18. The van der Waals surface area contributed by atoms with Crippen molar-refractivity contribution in [2.45, 2.75) is 18.4 Å². The first-order valence-corrected chi connectivity index (χ1v) is 7.68. The third-order valence-electron chi connectivity index (χ3n) is 4.85. The van der Waals surface area contributed by atoms with Gasteiger partial charge in [-0.3, -0.25) is 0 Å². The van der Waals surface area contributed by atoms with E-state index in [4.69, 9.17) is 0 Å². The number of carboxylic acid groups (broad SMARTS) is 1. The molecule has 1 heterocycles. The number of hydrogen-bond acceptors (Lipinski definition) is 3. The molecule has 0 bridgehead atoms. The Morgan fingerprint density at radius 2 is 1.96 bits per heavy atom. The summed E-state index contributed by atoms with van der Waals surface area (Å²) in [6.45, 7) is 0. The van der Waals surface area contributed by atoms with E-state index in [-0.39, 0.29) is 23.3 Å². The molecule has 2 aromatic rings. The van der Waals surface area contributed by atoms with E-state index in [1.165, 1.54) is 12.1 Å². The molecule has 4 rings (SSSR count). The lowest BCUT2D eigenvalue weighted by Gasteiger charge is -2.38. The number of halogens is 1. The van der Waals surface area contributed by atoms with Gasteiger partial charge in [0, 0.05) is 17.2 Å². The van der Waals surface area contributed by atoms with Crippen molar-refractivity contribution in [3.05, 3.63) is 77.1 Å². The predicted molar refractivity (Wildman–Crippen MR) is 83.5 cm³/mol. The Bertz CT molecular complexity index is 798. The van der Waals surface area contributed by atoms with Gasteiger partial charge in [0.25, 0.3) is 0 Å². The molecule has 0 saturated carbocycles. The number of nitrogens with one attached hydrogen (secondary N) is 1. The van der Waals surface area contributed by atoms with Crippen molar-refractivity contribution in [2.24, 2.45) is 5.92 Å². The first-order valence-electron chi connectivity index (χ1n) is 7.68. The summed E-state index contributed by atoms with van der Waals surface area (Å²) in [6, 6.07) is 11.6. The summed E-state index contributed by atoms with van der Waals surface area (Å²) in [5, 5.41) is 14.8. The number of anilines is 1. The van der Waals surface area contributed by atoms with Crippen LogP contribution in [0.5, 0.6) is 0 Å². The highest BCUT2D eigenvalue weighted by atomic mass is 19.1. The summed E-state index contributed by atoms with van der Waals surface area (Å²) in [4.78, 5) is 11.4. The van der Waals surface area contributed by atoms with E-state index in [0.717, 1.165) is 17.5 Å². The predicted octanol–water partition coefficient (Wildman–Crippen LogP) is 3.02. The van der Waals surface area contributed by atoms with Crippen molar-refractivity contribution in [2.75, 3.05) is 5.32 Å². The zero-order chi connectivity index (χ0) is 16.0. The Labute approximate surface area is 133 Å². The van der Waals surface area contributed by atoms with Crippen LogP contribution in [-0.4, -0.2) is 5.97 Å². The minimum atomic E-state index is -1.19. The summed E-state index contributed by atoms with van der Waals surface area (Å²) >= 11 is 0. The van der Waals surface area contributed by atoms with Gasteiger partial charge < -0.3 is 15.2 Å². The number of allylic oxidation sites excluding steroid dienone is 2. The van der Waals surface area contributed by atoms with Crippen LogP contribution in [0.2, 0.25) is 0 Å². The molecular formula is C19H15FNO2-. The largest absolute Gasteiger partial charge is 0.545 e. The molecule has 0 saturated heterocycles. The summed E-state index contributed by atoms with van der Waals surface area (Å²) in [5.74, 6) is -1.00. The minimum Gasteiger partial charge on any atom is -0.545 e. The van der Waals surface area contributed by atoms with Gasteiger partial charge in [-0.2, -0.15) is 0 Å². The van der Waals surface area contributed by atoms with Crippen molar-refractivity contribution in [3.8, 4) is 0 Å². The molecule has 0 amide bonds. The van der Waals surface area contributed by atoms with Gasteiger partial charge in [0.1, 0.15) is 5.82 Å². The SMILES string of the molecule is O=C([O-])c1cccc2c1N[C@H](c1ccc(F)cc1)[C@@H]1CC=C[C@@H]21. The molecule has 0 spiro atoms. The molecule has 2 aromatic carbocycles. The van der Waals surface area contributed by atoms with Crippen molar-refractivity contribution < 1.29 is 14.3 Å². The van der Waals surface area contributed by atoms with Gasteiger partial charge in [0.05, 0.1) is 12.0 Å². The molecule has 1 aliphatic carbocycles. The quantitative estimate of drug-likeness (QED) is 0.868. The average Bonchev–Trinajstić information content (AvgIpc) is 3.04. The van der Waals surface area contributed by atoms with Crippen LogP contribution in [0.4, 0.5) is 10.1 Å². The van der Waals surface area contributed by atoms with Gasteiger partial charge in [0.15, 0.2) is 0 Å². The van der Waals surface area contributed by atoms with E-state index >= 15 is 0 Å². The number of para-hydroxylation sites is 1. The van der Waals surface area contributed by atoms with Crippen molar-refractivity contribution >= 4 is 11.7 Å². The molecule has 23 heavy (non-hydrogen) atoms. The van der Waals surface area contributed by atoms with Crippen LogP contribution in [0.25, 0.3) is 0 Å². The smallest absolute Gasteiger partial charge is 0.123 e. The molecule has 1 N–H and O–H groups in total. The maximum absolute atomic E-state index is 13.2. The van der Waals surface area contributed by atoms with Gasteiger partial charge in [-0.05, 0) is 35.6 Å². The number of fused-ring (bicyclic) bond motifs is 3. The Balaban J connectivity index is 1.83. The second kappa shape index (κ2) is 5.23. The monoisotopic (exact) mass is 308 g/mol. The highest BCUT2D eigenvalue weighted by Gasteiger charge is 2.38. The minimum absolute atomic E-state index is 0.0522. The summed E-state index contributed by atoms with van der Waals surface area (Å²) in [7, 11) is 0. The molecule has 0 fully saturated rings. The van der Waals surface area contributed by atoms with E-state index in [9.17, 15) is 14.3 Å². The van der Waals surface area contributed by atoms with E-state index < -0.39 is 5.97 Å². The number of benzene rings is 2. The molecule has 4 heteroatoms. The number of carboxylic acids is 1.